The summed E-state index contributed by atoms with van der Waals surface area (Å²) in [5.74, 6) is -1.19. The zero-order valence-corrected chi connectivity index (χ0v) is 20.1. The van der Waals surface area contributed by atoms with Crippen molar-refractivity contribution in [2.45, 2.75) is 24.3 Å². The Balaban J connectivity index is 1.35. The van der Waals surface area contributed by atoms with Crippen LogP contribution in [0.5, 0.6) is 0 Å². The quantitative estimate of drug-likeness (QED) is 0.339. The minimum atomic E-state index is -0.777. The minimum Gasteiger partial charge on any atom is -0.341 e. The number of pyridine rings is 1. The average molecular weight is 517 g/mol. The molecule has 0 bridgehead atoms. The van der Waals surface area contributed by atoms with Crippen LogP contribution >= 0.6 is 11.6 Å². The highest BCUT2D eigenvalue weighted by atomic mass is 35.5. The Morgan fingerprint density at radius 2 is 1.89 bits per heavy atom. The fourth-order valence-electron chi connectivity index (χ4n) is 5.71. The van der Waals surface area contributed by atoms with Gasteiger partial charge in [-0.1, -0.05) is 17.7 Å². The normalized spacial score (nSPS) is 18.6. The summed E-state index contributed by atoms with van der Waals surface area (Å²) in [6, 6.07) is 12.5. The van der Waals surface area contributed by atoms with Crippen molar-refractivity contribution in [3.8, 4) is 0 Å². The Kier molecular flexibility index (Phi) is 4.63. The lowest BCUT2D eigenvalue weighted by Gasteiger charge is -2.22. The Bertz CT molecular complexity index is 1670. The monoisotopic (exact) mass is 516 g/mol. The highest BCUT2D eigenvalue weighted by Gasteiger charge is 2.53. The number of urea groups is 1. The van der Waals surface area contributed by atoms with Crippen molar-refractivity contribution in [3.63, 3.8) is 0 Å². The van der Waals surface area contributed by atoms with E-state index in [1.807, 2.05) is 0 Å². The number of anilines is 2. The second-order valence-corrected chi connectivity index (χ2v) is 10.2. The summed E-state index contributed by atoms with van der Waals surface area (Å²) < 4.78 is 28.2. The molecular formula is C28H19ClF2N4O2. The molecule has 9 heteroatoms. The lowest BCUT2D eigenvalue weighted by Crippen LogP contribution is -2.35. The fraction of sp³-hybridized carbons (Fsp3) is 0.179. The number of nitrogens with one attached hydrogen (secondary N) is 2. The number of fused-ring (bicyclic) bond motifs is 5. The Hall–Kier alpha value is -4.04. The molecule has 3 aromatic carbocycles. The summed E-state index contributed by atoms with van der Waals surface area (Å²) in [5, 5.41) is 6.77. The van der Waals surface area contributed by atoms with Crippen molar-refractivity contribution < 1.29 is 18.4 Å². The van der Waals surface area contributed by atoms with Gasteiger partial charge < -0.3 is 10.6 Å². The third kappa shape index (κ3) is 3.32. The molecule has 1 unspecified atom stereocenters. The number of carbonyl (C=O) groups is 2. The predicted octanol–water partition coefficient (Wildman–Crippen LogP) is 6.08. The van der Waals surface area contributed by atoms with Gasteiger partial charge in [0.05, 0.1) is 22.8 Å². The van der Waals surface area contributed by atoms with Crippen molar-refractivity contribution in [2.75, 3.05) is 16.8 Å². The van der Waals surface area contributed by atoms with Crippen LogP contribution < -0.4 is 15.5 Å². The Morgan fingerprint density at radius 1 is 1.11 bits per heavy atom. The zero-order valence-electron chi connectivity index (χ0n) is 19.3. The van der Waals surface area contributed by atoms with Gasteiger partial charge in [0, 0.05) is 45.4 Å². The van der Waals surface area contributed by atoms with Crippen LogP contribution in [0.3, 0.4) is 0 Å². The van der Waals surface area contributed by atoms with Gasteiger partial charge >= 0.3 is 6.03 Å². The van der Waals surface area contributed by atoms with E-state index in [0.29, 0.717) is 45.5 Å². The van der Waals surface area contributed by atoms with Gasteiger partial charge in [-0.3, -0.25) is 14.7 Å². The molecule has 1 saturated carbocycles. The summed E-state index contributed by atoms with van der Waals surface area (Å²) in [6.07, 6.45) is 3.39. The molecule has 1 spiro atoms. The van der Waals surface area contributed by atoms with Gasteiger partial charge in [0.1, 0.15) is 11.6 Å². The van der Waals surface area contributed by atoms with Crippen LogP contribution in [0.4, 0.5) is 25.0 Å². The molecule has 7 rings (SSSR count). The van der Waals surface area contributed by atoms with Crippen molar-refractivity contribution >= 4 is 45.8 Å². The highest BCUT2D eigenvalue weighted by molar-refractivity contribution is 6.31. The zero-order chi connectivity index (χ0) is 25.5. The number of hydrogen-bond acceptors (Lipinski definition) is 3. The molecule has 4 aromatic rings. The number of nitrogens with zero attached hydrogens (tertiary/aromatic N) is 2. The molecule has 2 aliphatic heterocycles. The summed E-state index contributed by atoms with van der Waals surface area (Å²) in [6.45, 7) is 0.446. The summed E-state index contributed by atoms with van der Waals surface area (Å²) in [4.78, 5) is 32.9. The smallest absolute Gasteiger partial charge is 0.326 e. The molecule has 0 radical (unpaired) electrons. The maximum absolute atomic E-state index is 14.2. The number of benzene rings is 3. The Labute approximate surface area is 215 Å². The number of carbonyl (C=O) groups excluding carboxylic acids is 2. The molecule has 37 heavy (non-hydrogen) atoms. The van der Waals surface area contributed by atoms with Gasteiger partial charge in [-0.2, -0.15) is 0 Å². The molecule has 6 nitrogen and oxygen atoms in total. The van der Waals surface area contributed by atoms with E-state index in [-0.39, 0.29) is 22.2 Å². The van der Waals surface area contributed by atoms with Crippen LogP contribution in [0.2, 0.25) is 5.02 Å². The molecule has 2 N–H and O–H groups in total. The van der Waals surface area contributed by atoms with E-state index in [9.17, 15) is 18.4 Å². The van der Waals surface area contributed by atoms with Crippen LogP contribution in [-0.4, -0.2) is 23.5 Å². The average Bonchev–Trinajstić information content (AvgIpc) is 3.49. The van der Waals surface area contributed by atoms with Gasteiger partial charge in [-0.15, -0.1) is 0 Å². The topological polar surface area (TPSA) is 74.3 Å². The minimum absolute atomic E-state index is 0.211. The molecular weight excluding hydrogens is 498 g/mol. The van der Waals surface area contributed by atoms with Crippen molar-refractivity contribution in [1.82, 2.24) is 10.3 Å². The maximum Gasteiger partial charge on any atom is 0.326 e. The molecule has 1 atom stereocenters. The third-order valence-corrected chi connectivity index (χ3v) is 7.97. The maximum atomic E-state index is 14.2. The lowest BCUT2D eigenvalue weighted by molar-refractivity contribution is 0.0962. The first-order valence-corrected chi connectivity index (χ1v) is 12.3. The first kappa shape index (κ1) is 22.2. The second kappa shape index (κ2) is 7.73. The van der Waals surface area contributed by atoms with E-state index in [1.165, 1.54) is 30.3 Å². The lowest BCUT2D eigenvalue weighted by atomic mass is 9.93. The number of amides is 3. The van der Waals surface area contributed by atoms with E-state index >= 15 is 0 Å². The van der Waals surface area contributed by atoms with Gasteiger partial charge in [0.15, 0.2) is 0 Å². The Morgan fingerprint density at radius 3 is 2.70 bits per heavy atom. The van der Waals surface area contributed by atoms with E-state index in [1.54, 1.807) is 35.4 Å². The van der Waals surface area contributed by atoms with Crippen LogP contribution in [0.1, 0.15) is 45.9 Å². The largest absolute Gasteiger partial charge is 0.341 e. The summed E-state index contributed by atoms with van der Waals surface area (Å²) in [7, 11) is 0. The van der Waals surface area contributed by atoms with E-state index in [0.717, 1.165) is 18.4 Å². The summed E-state index contributed by atoms with van der Waals surface area (Å²) in [5.41, 5.74) is 3.43. The van der Waals surface area contributed by atoms with E-state index in [4.69, 9.17) is 11.6 Å². The van der Waals surface area contributed by atoms with Gasteiger partial charge in [0.2, 0.25) is 0 Å². The number of hydrogen-bond donors (Lipinski definition) is 2. The molecule has 1 aromatic heterocycles. The molecule has 3 aliphatic rings. The van der Waals surface area contributed by atoms with Crippen molar-refractivity contribution in [1.29, 1.82) is 0 Å². The van der Waals surface area contributed by atoms with E-state index in [2.05, 4.69) is 15.6 Å². The molecule has 3 heterocycles. The van der Waals surface area contributed by atoms with Crippen LogP contribution in [0.25, 0.3) is 10.9 Å². The third-order valence-electron chi connectivity index (χ3n) is 7.63. The number of halogens is 3. The van der Waals surface area contributed by atoms with Crippen molar-refractivity contribution in [3.05, 3.63) is 99.7 Å². The van der Waals surface area contributed by atoms with Crippen LogP contribution in [-0.2, 0) is 5.41 Å². The SMILES string of the molecule is O=C1NC(c2cc(F)ccc2Cl)c2c(NC(=O)N3CC4(CC4)c4cc(F)ccc43)cc3ncccc3c21. The second-order valence-electron chi connectivity index (χ2n) is 9.81. The molecule has 1 aliphatic carbocycles. The fourth-order valence-corrected chi connectivity index (χ4v) is 5.94. The van der Waals surface area contributed by atoms with Crippen molar-refractivity contribution in [2.24, 2.45) is 0 Å². The first-order valence-electron chi connectivity index (χ1n) is 11.9. The molecule has 184 valence electrons. The predicted molar refractivity (Wildman–Crippen MR) is 136 cm³/mol. The van der Waals surface area contributed by atoms with E-state index < -0.39 is 17.9 Å². The molecule has 0 saturated heterocycles. The summed E-state index contributed by atoms with van der Waals surface area (Å²) >= 11 is 6.42. The van der Waals surface area contributed by atoms with Crippen LogP contribution in [0.15, 0.2) is 60.8 Å². The van der Waals surface area contributed by atoms with Gasteiger partial charge in [-0.05, 0) is 66.9 Å². The number of rotatable bonds is 2. The van der Waals surface area contributed by atoms with Gasteiger partial charge in [0.25, 0.3) is 5.91 Å². The highest BCUT2D eigenvalue weighted by Crippen LogP contribution is 2.56. The first-order chi connectivity index (χ1) is 17.8. The molecule has 1 fully saturated rings. The molecule has 3 amide bonds. The standard InChI is InChI=1S/C28H19ClF2N4O2/c29-19-5-3-14(30)10-17(19)25-24-21(12-20-16(2-1-9-32-20)23(24)26(36)34-25)33-27(37)35-13-28(7-8-28)18-11-15(31)4-6-22(18)35/h1-6,9-12,25H,7-8,13H2,(H,33,37)(H,34,36). The number of aromatic nitrogens is 1. The van der Waals surface area contributed by atoms with Crippen LogP contribution in [0, 0.1) is 11.6 Å². The van der Waals surface area contributed by atoms with Gasteiger partial charge in [-0.25, -0.2) is 13.6 Å².